The van der Waals surface area contributed by atoms with E-state index in [0.717, 1.165) is 23.0 Å². The first kappa shape index (κ1) is 10.5. The molecule has 0 saturated heterocycles. The van der Waals surface area contributed by atoms with Gasteiger partial charge in [0.25, 0.3) is 0 Å². The Balaban J connectivity index is 2.84. The maximum Gasteiger partial charge on any atom is 0.145 e. The number of rotatable bonds is 3. The highest BCUT2D eigenvalue weighted by atomic mass is 16.1. The van der Waals surface area contributed by atoms with Crippen molar-refractivity contribution in [3.05, 3.63) is 53.1 Å². The third kappa shape index (κ3) is 3.40. The number of hydrogen-bond donors (Lipinski definition) is 0. The van der Waals surface area contributed by atoms with E-state index in [0.29, 0.717) is 0 Å². The molecule has 0 heterocycles. The van der Waals surface area contributed by atoms with Crippen LogP contribution >= 0.6 is 0 Å². The number of carbonyl (C=O) groups is 1. The molecule has 0 radical (unpaired) electrons. The quantitative estimate of drug-likeness (QED) is 0.402. The lowest BCUT2D eigenvalue weighted by atomic mass is 10.1. The molecule has 0 N–H and O–H groups in total. The molecule has 1 nitrogen and oxygen atoms in total. The zero-order valence-electron chi connectivity index (χ0n) is 8.53. The highest BCUT2D eigenvalue weighted by molar-refractivity contribution is 5.74. The molecule has 1 heteroatoms. The van der Waals surface area contributed by atoms with Crippen LogP contribution < -0.4 is 0 Å². The van der Waals surface area contributed by atoms with Gasteiger partial charge in [-0.25, -0.2) is 0 Å². The molecule has 0 aliphatic carbocycles. The van der Waals surface area contributed by atoms with Gasteiger partial charge < -0.3 is 0 Å². The predicted octanol–water partition coefficient (Wildman–Crippen LogP) is 3.24. The van der Waals surface area contributed by atoms with Gasteiger partial charge in [0.05, 0.1) is 0 Å². The molecule has 14 heavy (non-hydrogen) atoms. The fraction of sp³-hybridized carbons (Fsp3) is 0.154. The van der Waals surface area contributed by atoms with E-state index in [1.54, 1.807) is 6.92 Å². The van der Waals surface area contributed by atoms with Gasteiger partial charge in [-0.15, -0.1) is 0 Å². The summed E-state index contributed by atoms with van der Waals surface area (Å²) < 4.78 is 0. The van der Waals surface area contributed by atoms with Gasteiger partial charge in [-0.1, -0.05) is 48.1 Å². The van der Waals surface area contributed by atoms with Crippen molar-refractivity contribution in [2.45, 2.75) is 13.8 Å². The largest absolute Gasteiger partial charge is 0.298 e. The van der Waals surface area contributed by atoms with Gasteiger partial charge in [-0.3, -0.25) is 4.79 Å². The van der Waals surface area contributed by atoms with Gasteiger partial charge in [0.15, 0.2) is 0 Å². The van der Waals surface area contributed by atoms with Gasteiger partial charge in [-0.05, 0) is 25.0 Å². The van der Waals surface area contributed by atoms with Crippen LogP contribution in [0.25, 0.3) is 6.08 Å². The summed E-state index contributed by atoms with van der Waals surface area (Å²) in [5.74, 6) is 0. The third-order valence-corrected chi connectivity index (χ3v) is 1.84. The van der Waals surface area contributed by atoms with Crippen molar-refractivity contribution in [2.75, 3.05) is 0 Å². The first-order valence-corrected chi connectivity index (χ1v) is 4.59. The third-order valence-electron chi connectivity index (χ3n) is 1.84. The van der Waals surface area contributed by atoms with Crippen molar-refractivity contribution in [3.8, 4) is 0 Å². The monoisotopic (exact) mass is 186 g/mol. The molecular weight excluding hydrogens is 172 g/mol. The van der Waals surface area contributed by atoms with E-state index < -0.39 is 0 Å². The predicted molar refractivity (Wildman–Crippen MR) is 59.9 cm³/mol. The fourth-order valence-corrected chi connectivity index (χ4v) is 1.25. The average molecular weight is 186 g/mol. The molecule has 1 aromatic rings. The topological polar surface area (TPSA) is 17.1 Å². The number of carbonyl (C=O) groups excluding carboxylic acids is 1. The van der Waals surface area contributed by atoms with Crippen molar-refractivity contribution < 1.29 is 4.79 Å². The average Bonchev–Trinajstić information content (AvgIpc) is 2.19. The molecule has 0 fully saturated rings. The van der Waals surface area contributed by atoms with Crippen LogP contribution in [-0.4, -0.2) is 6.29 Å². The van der Waals surface area contributed by atoms with Gasteiger partial charge in [0.1, 0.15) is 6.29 Å². The second-order valence-corrected chi connectivity index (χ2v) is 3.31. The van der Waals surface area contributed by atoms with E-state index in [1.807, 2.05) is 49.4 Å². The summed E-state index contributed by atoms with van der Waals surface area (Å²) in [7, 11) is 0. The lowest BCUT2D eigenvalue weighted by Crippen LogP contribution is -1.78. The lowest BCUT2D eigenvalue weighted by Gasteiger charge is -1.95. The van der Waals surface area contributed by atoms with E-state index >= 15 is 0 Å². The van der Waals surface area contributed by atoms with E-state index in [-0.39, 0.29) is 0 Å². The molecule has 0 aromatic heterocycles. The van der Waals surface area contributed by atoms with Crippen molar-refractivity contribution in [1.82, 2.24) is 0 Å². The standard InChI is InChI=1S/C13H14O/c1-11(8-12(2)10-14)9-13-6-4-3-5-7-13/h3-10H,1-2H3/b11-9+,12-8-. The maximum absolute atomic E-state index is 10.4. The van der Waals surface area contributed by atoms with E-state index in [9.17, 15) is 4.79 Å². The highest BCUT2D eigenvalue weighted by Gasteiger charge is 1.88. The number of allylic oxidation sites excluding steroid dienone is 3. The fourth-order valence-electron chi connectivity index (χ4n) is 1.25. The Morgan fingerprint density at radius 1 is 1.07 bits per heavy atom. The molecular formula is C13H14O. The number of benzene rings is 1. The van der Waals surface area contributed by atoms with Crippen LogP contribution in [0.2, 0.25) is 0 Å². The molecule has 0 aliphatic rings. The normalized spacial score (nSPS) is 12.7. The molecule has 0 atom stereocenters. The Hall–Kier alpha value is -1.63. The molecule has 72 valence electrons. The first-order valence-electron chi connectivity index (χ1n) is 4.59. The van der Waals surface area contributed by atoms with Crippen LogP contribution in [0.1, 0.15) is 19.4 Å². The molecule has 0 amide bonds. The van der Waals surface area contributed by atoms with E-state index in [1.165, 1.54) is 0 Å². The molecule has 1 aromatic carbocycles. The summed E-state index contributed by atoms with van der Waals surface area (Å²) in [6.45, 7) is 3.79. The van der Waals surface area contributed by atoms with Gasteiger partial charge >= 0.3 is 0 Å². The molecule has 0 unspecified atom stereocenters. The van der Waals surface area contributed by atoms with Crippen LogP contribution in [0.5, 0.6) is 0 Å². The van der Waals surface area contributed by atoms with Crippen molar-refractivity contribution in [1.29, 1.82) is 0 Å². The summed E-state index contributed by atoms with van der Waals surface area (Å²) in [6, 6.07) is 10.0. The summed E-state index contributed by atoms with van der Waals surface area (Å²) >= 11 is 0. The molecule has 0 saturated carbocycles. The lowest BCUT2D eigenvalue weighted by molar-refractivity contribution is -0.104. The Labute approximate surface area is 84.8 Å². The minimum Gasteiger partial charge on any atom is -0.298 e. The molecule has 0 bridgehead atoms. The summed E-state index contributed by atoms with van der Waals surface area (Å²) in [5, 5.41) is 0. The maximum atomic E-state index is 10.4. The second kappa shape index (κ2) is 5.18. The minimum atomic E-state index is 0.745. The van der Waals surface area contributed by atoms with Crippen molar-refractivity contribution in [2.24, 2.45) is 0 Å². The minimum absolute atomic E-state index is 0.745. The molecule has 0 spiro atoms. The second-order valence-electron chi connectivity index (χ2n) is 3.31. The Bertz CT molecular complexity index is 358. The van der Waals surface area contributed by atoms with Crippen molar-refractivity contribution in [3.63, 3.8) is 0 Å². The van der Waals surface area contributed by atoms with E-state index in [2.05, 4.69) is 0 Å². The first-order chi connectivity index (χ1) is 6.72. The molecule has 0 aliphatic heterocycles. The van der Waals surface area contributed by atoms with E-state index in [4.69, 9.17) is 0 Å². The smallest absolute Gasteiger partial charge is 0.145 e. The zero-order chi connectivity index (χ0) is 10.4. The summed E-state index contributed by atoms with van der Waals surface area (Å²) in [4.78, 5) is 10.4. The van der Waals surface area contributed by atoms with Crippen LogP contribution in [0.3, 0.4) is 0 Å². The Morgan fingerprint density at radius 3 is 2.29 bits per heavy atom. The van der Waals surface area contributed by atoms with Crippen LogP contribution in [0, 0.1) is 0 Å². The van der Waals surface area contributed by atoms with Crippen LogP contribution in [-0.2, 0) is 4.79 Å². The molecule has 1 rings (SSSR count). The van der Waals surface area contributed by atoms with Crippen LogP contribution in [0.15, 0.2) is 47.6 Å². The Morgan fingerprint density at radius 2 is 1.71 bits per heavy atom. The zero-order valence-corrected chi connectivity index (χ0v) is 8.53. The van der Waals surface area contributed by atoms with Crippen LogP contribution in [0.4, 0.5) is 0 Å². The summed E-state index contributed by atoms with van der Waals surface area (Å²) in [6.07, 6.45) is 4.79. The Kier molecular flexibility index (Phi) is 3.86. The number of aldehydes is 1. The van der Waals surface area contributed by atoms with Gasteiger partial charge in [-0.2, -0.15) is 0 Å². The van der Waals surface area contributed by atoms with Crippen molar-refractivity contribution >= 4 is 12.4 Å². The summed E-state index contributed by atoms with van der Waals surface area (Å²) in [5.41, 5.74) is 2.98. The van der Waals surface area contributed by atoms with Gasteiger partial charge in [0.2, 0.25) is 0 Å². The number of hydrogen-bond acceptors (Lipinski definition) is 1. The SMILES string of the molecule is C/C(C=O)=C/C(C)=C/c1ccccc1. The highest BCUT2D eigenvalue weighted by Crippen LogP contribution is 2.08. The van der Waals surface area contributed by atoms with Gasteiger partial charge in [0, 0.05) is 0 Å².